The fourth-order valence-corrected chi connectivity index (χ4v) is 5.90. The van der Waals surface area contributed by atoms with Crippen molar-refractivity contribution in [2.45, 2.75) is 50.9 Å². The van der Waals surface area contributed by atoms with Gasteiger partial charge in [-0.05, 0) is 61.7 Å². The monoisotopic (exact) mass is 361 g/mol. The first kappa shape index (κ1) is 16.7. The van der Waals surface area contributed by atoms with E-state index in [1.165, 1.54) is 68.8 Å². The Morgan fingerprint density at radius 2 is 1.88 bits per heavy atom. The van der Waals surface area contributed by atoms with Crippen LogP contribution in [0.2, 0.25) is 0 Å². The van der Waals surface area contributed by atoms with Gasteiger partial charge < -0.3 is 4.74 Å². The van der Waals surface area contributed by atoms with Gasteiger partial charge in [-0.1, -0.05) is 0 Å². The third kappa shape index (κ3) is 3.81. The molecule has 3 aliphatic heterocycles. The van der Waals surface area contributed by atoms with Gasteiger partial charge >= 0.3 is 0 Å². The summed E-state index contributed by atoms with van der Waals surface area (Å²) < 4.78 is 5.96. The lowest BCUT2D eigenvalue weighted by molar-refractivity contribution is -0.0878. The van der Waals surface area contributed by atoms with E-state index in [9.17, 15) is 0 Å². The van der Waals surface area contributed by atoms with E-state index < -0.39 is 0 Å². The lowest BCUT2D eigenvalue weighted by Gasteiger charge is -2.48. The number of morpholine rings is 1. The Labute approximate surface area is 155 Å². The van der Waals surface area contributed by atoms with Gasteiger partial charge in [0.2, 0.25) is 0 Å². The van der Waals surface area contributed by atoms with Crippen LogP contribution < -0.4 is 0 Å². The number of nitrogens with zero attached hydrogens (tertiary/aromatic N) is 3. The molecule has 4 aliphatic rings. The smallest absolute Gasteiger partial charge is 0.0635 e. The van der Waals surface area contributed by atoms with Crippen LogP contribution in [0.1, 0.15) is 36.1 Å². The van der Waals surface area contributed by atoms with Gasteiger partial charge in [-0.15, -0.1) is 11.3 Å². The van der Waals surface area contributed by atoms with Crippen LogP contribution in [-0.4, -0.2) is 72.7 Å². The molecule has 0 amide bonds. The molecule has 0 spiro atoms. The standard InChI is InChI=1S/C20H31N3OS/c1-2-6-21(5-1)10-16-9-19(25-15-16)12-22-7-8-23-18(11-22)13-24-14-20(23)17-3-4-17/h9,15,17-18,20H,1-8,10-14H2/t18-,20-/m1/s1. The second-order valence-electron chi connectivity index (χ2n) is 8.47. The predicted molar refractivity (Wildman–Crippen MR) is 102 cm³/mol. The Balaban J connectivity index is 1.16. The Morgan fingerprint density at radius 1 is 1.00 bits per heavy atom. The summed E-state index contributed by atoms with van der Waals surface area (Å²) in [6.07, 6.45) is 5.62. The van der Waals surface area contributed by atoms with Gasteiger partial charge in [-0.3, -0.25) is 14.7 Å². The number of ether oxygens (including phenoxy) is 1. The SMILES string of the molecule is c1sc(CN2CCN3[C@@H](COC[C@@H]3C3CC3)C2)cc1CN1CCCC1. The highest BCUT2D eigenvalue weighted by atomic mass is 32.1. The summed E-state index contributed by atoms with van der Waals surface area (Å²) in [5, 5.41) is 2.39. The van der Waals surface area contributed by atoms with E-state index in [1.54, 1.807) is 0 Å². The Hall–Kier alpha value is -0.460. The summed E-state index contributed by atoms with van der Waals surface area (Å²) in [4.78, 5) is 9.58. The van der Waals surface area contributed by atoms with Crippen molar-refractivity contribution in [2.75, 3.05) is 45.9 Å². The van der Waals surface area contributed by atoms with Gasteiger partial charge in [0.05, 0.1) is 13.2 Å². The van der Waals surface area contributed by atoms with E-state index >= 15 is 0 Å². The molecule has 1 aromatic rings. The van der Waals surface area contributed by atoms with Gasteiger partial charge in [-0.25, -0.2) is 0 Å². The summed E-state index contributed by atoms with van der Waals surface area (Å²) in [5.41, 5.74) is 1.52. The number of hydrogen-bond donors (Lipinski definition) is 0. The molecule has 0 radical (unpaired) electrons. The highest BCUT2D eigenvalue weighted by Gasteiger charge is 2.42. The van der Waals surface area contributed by atoms with E-state index in [2.05, 4.69) is 26.1 Å². The highest BCUT2D eigenvalue weighted by Crippen LogP contribution is 2.38. The summed E-state index contributed by atoms with van der Waals surface area (Å²) in [7, 11) is 0. The van der Waals surface area contributed by atoms with E-state index in [4.69, 9.17) is 4.74 Å². The fraction of sp³-hybridized carbons (Fsp3) is 0.800. The van der Waals surface area contributed by atoms with E-state index in [0.29, 0.717) is 6.04 Å². The van der Waals surface area contributed by atoms with Crippen LogP contribution in [0.3, 0.4) is 0 Å². The molecule has 0 N–H and O–H groups in total. The summed E-state index contributed by atoms with van der Waals surface area (Å²) in [6.45, 7) is 10.4. The van der Waals surface area contributed by atoms with Gasteiger partial charge in [-0.2, -0.15) is 0 Å². The quantitative estimate of drug-likeness (QED) is 0.802. The van der Waals surface area contributed by atoms with Gasteiger partial charge in [0.25, 0.3) is 0 Å². The van der Waals surface area contributed by atoms with Gasteiger partial charge in [0.15, 0.2) is 0 Å². The molecule has 4 heterocycles. The number of hydrogen-bond acceptors (Lipinski definition) is 5. The molecular weight excluding hydrogens is 330 g/mol. The summed E-state index contributed by atoms with van der Waals surface area (Å²) in [6, 6.07) is 3.80. The van der Waals surface area contributed by atoms with Crippen LogP contribution >= 0.6 is 11.3 Å². The van der Waals surface area contributed by atoms with Crippen molar-refractivity contribution in [3.05, 3.63) is 21.9 Å². The van der Waals surface area contributed by atoms with Crippen molar-refractivity contribution >= 4 is 11.3 Å². The van der Waals surface area contributed by atoms with Crippen LogP contribution in [0.15, 0.2) is 11.4 Å². The summed E-state index contributed by atoms with van der Waals surface area (Å²) in [5.74, 6) is 0.930. The minimum absolute atomic E-state index is 0.622. The van der Waals surface area contributed by atoms with Crippen LogP contribution in [0.25, 0.3) is 0 Å². The fourth-order valence-electron chi connectivity index (χ4n) is 4.98. The number of piperazine rings is 1. The third-order valence-electron chi connectivity index (χ3n) is 6.50. The molecule has 5 rings (SSSR count). The van der Waals surface area contributed by atoms with Gasteiger partial charge in [0.1, 0.15) is 0 Å². The Bertz CT molecular complexity index is 581. The maximum Gasteiger partial charge on any atom is 0.0635 e. The average Bonchev–Trinajstić information content (AvgIpc) is 3.18. The number of rotatable bonds is 5. The maximum absolute atomic E-state index is 5.96. The molecule has 1 aromatic heterocycles. The van der Waals surface area contributed by atoms with Crippen molar-refractivity contribution in [2.24, 2.45) is 5.92 Å². The number of likely N-dealkylation sites (tertiary alicyclic amines) is 1. The first-order valence-corrected chi connectivity index (χ1v) is 11.1. The Morgan fingerprint density at radius 3 is 2.72 bits per heavy atom. The molecule has 4 nitrogen and oxygen atoms in total. The van der Waals surface area contributed by atoms with E-state index in [0.717, 1.165) is 38.3 Å². The molecule has 2 atom stereocenters. The van der Waals surface area contributed by atoms with Crippen LogP contribution in [0, 0.1) is 5.92 Å². The van der Waals surface area contributed by atoms with Crippen LogP contribution in [0.5, 0.6) is 0 Å². The first-order chi connectivity index (χ1) is 12.3. The molecule has 5 heteroatoms. The number of fused-ring (bicyclic) bond motifs is 1. The topological polar surface area (TPSA) is 19.0 Å². The van der Waals surface area contributed by atoms with Gasteiger partial charge in [0, 0.05) is 49.7 Å². The molecule has 4 fully saturated rings. The highest BCUT2D eigenvalue weighted by molar-refractivity contribution is 7.10. The van der Waals surface area contributed by atoms with E-state index in [-0.39, 0.29) is 0 Å². The molecule has 3 saturated heterocycles. The third-order valence-corrected chi connectivity index (χ3v) is 7.47. The average molecular weight is 362 g/mol. The first-order valence-electron chi connectivity index (χ1n) is 10.2. The number of thiophene rings is 1. The normalized spacial score (nSPS) is 32.2. The minimum Gasteiger partial charge on any atom is -0.378 e. The molecule has 1 saturated carbocycles. The van der Waals surface area contributed by atoms with Crippen molar-refractivity contribution in [3.63, 3.8) is 0 Å². The summed E-state index contributed by atoms with van der Waals surface area (Å²) >= 11 is 1.96. The van der Waals surface area contributed by atoms with Crippen molar-refractivity contribution < 1.29 is 4.74 Å². The lowest BCUT2D eigenvalue weighted by Crippen LogP contribution is -2.62. The van der Waals surface area contributed by atoms with Crippen LogP contribution in [0.4, 0.5) is 0 Å². The van der Waals surface area contributed by atoms with Crippen LogP contribution in [-0.2, 0) is 17.8 Å². The molecular formula is C20H31N3OS. The largest absolute Gasteiger partial charge is 0.378 e. The zero-order chi connectivity index (χ0) is 16.6. The predicted octanol–water partition coefficient (Wildman–Crippen LogP) is 2.64. The molecule has 0 bridgehead atoms. The second-order valence-corrected chi connectivity index (χ2v) is 9.47. The molecule has 138 valence electrons. The molecule has 25 heavy (non-hydrogen) atoms. The maximum atomic E-state index is 5.96. The Kier molecular flexibility index (Phi) is 4.86. The molecule has 0 aromatic carbocycles. The van der Waals surface area contributed by atoms with E-state index in [1.807, 2.05) is 11.3 Å². The zero-order valence-corrected chi connectivity index (χ0v) is 16.1. The molecule has 1 aliphatic carbocycles. The second kappa shape index (κ2) is 7.28. The van der Waals surface area contributed by atoms with Crippen molar-refractivity contribution in [1.82, 2.24) is 14.7 Å². The molecule has 0 unspecified atom stereocenters. The lowest BCUT2D eigenvalue weighted by atomic mass is 10.0. The van der Waals surface area contributed by atoms with Crippen molar-refractivity contribution in [3.8, 4) is 0 Å². The minimum atomic E-state index is 0.622. The van der Waals surface area contributed by atoms with Crippen molar-refractivity contribution in [1.29, 1.82) is 0 Å². The zero-order valence-electron chi connectivity index (χ0n) is 15.2.